The van der Waals surface area contributed by atoms with Crippen molar-refractivity contribution in [1.29, 1.82) is 0 Å². The molecule has 0 aromatic heterocycles. The van der Waals surface area contributed by atoms with Gasteiger partial charge in [-0.2, -0.15) is 4.39 Å². The third-order valence-corrected chi connectivity index (χ3v) is 2.98. The number of cyclic esters (lactones) is 2. The Labute approximate surface area is 147 Å². The molecule has 0 amide bonds. The van der Waals surface area contributed by atoms with Gasteiger partial charge in [0.15, 0.2) is 11.3 Å². The number of rotatable bonds is 4. The molecule has 13 heteroatoms. The molecule has 1 aliphatic heterocycles. The monoisotopic (exact) mass is 394 g/mol. The zero-order chi connectivity index (χ0) is 20.6. The van der Waals surface area contributed by atoms with Crippen molar-refractivity contribution in [2.24, 2.45) is 0 Å². The van der Waals surface area contributed by atoms with Gasteiger partial charge in [0.2, 0.25) is 5.82 Å². The molecule has 2 rings (SSSR count). The molecule has 0 atom stereocenters. The Hall–Kier alpha value is -3.38. The molecule has 0 bridgehead atoms. The minimum atomic E-state index is -5.37. The number of anilines is 1. The van der Waals surface area contributed by atoms with Gasteiger partial charge in [-0.05, 0) is 6.07 Å². The summed E-state index contributed by atoms with van der Waals surface area (Å²) < 4.78 is 64.5. The minimum absolute atomic E-state index is 0.569. The molecule has 1 aromatic carbocycles. The summed E-state index contributed by atoms with van der Waals surface area (Å²) in [4.78, 5) is 32.9. The lowest BCUT2D eigenvalue weighted by molar-refractivity contribution is -0.387. The molecule has 146 valence electrons. The molecule has 0 spiro atoms. The van der Waals surface area contributed by atoms with Gasteiger partial charge in [0.1, 0.15) is 0 Å². The number of carbonyl (C=O) groups is 2. The average molecular weight is 394 g/mol. The van der Waals surface area contributed by atoms with Crippen molar-refractivity contribution in [2.45, 2.75) is 26.0 Å². The van der Waals surface area contributed by atoms with Gasteiger partial charge in [0.05, 0.1) is 10.6 Å². The third kappa shape index (κ3) is 4.62. The fraction of sp³-hybridized carbons (Fsp3) is 0.286. The lowest BCUT2D eigenvalue weighted by Crippen LogP contribution is -2.42. The molecule has 1 aromatic rings. The van der Waals surface area contributed by atoms with E-state index in [0.717, 1.165) is 0 Å². The Balaban J connectivity index is 2.41. The Morgan fingerprint density at radius 3 is 2.26 bits per heavy atom. The zero-order valence-corrected chi connectivity index (χ0v) is 13.5. The Bertz CT molecular complexity index is 827. The summed E-state index contributed by atoms with van der Waals surface area (Å²) >= 11 is 0. The van der Waals surface area contributed by atoms with Gasteiger partial charge >= 0.3 is 24.0 Å². The number of hydrogen-bond donors (Lipinski definition) is 1. The molecule has 27 heavy (non-hydrogen) atoms. The summed E-state index contributed by atoms with van der Waals surface area (Å²) in [7, 11) is 0. The fourth-order valence-electron chi connectivity index (χ4n) is 1.94. The molecule has 0 aliphatic carbocycles. The maximum absolute atomic E-state index is 14.0. The Morgan fingerprint density at radius 2 is 1.78 bits per heavy atom. The van der Waals surface area contributed by atoms with Gasteiger partial charge in [0, 0.05) is 26.1 Å². The Kier molecular flexibility index (Phi) is 4.97. The number of esters is 2. The predicted octanol–water partition coefficient (Wildman–Crippen LogP) is 2.76. The van der Waals surface area contributed by atoms with Crippen LogP contribution in [0.1, 0.15) is 13.8 Å². The van der Waals surface area contributed by atoms with Crippen LogP contribution in [0.5, 0.6) is 5.75 Å². The first-order valence-corrected chi connectivity index (χ1v) is 6.97. The number of nitro benzene ring substituents is 1. The summed E-state index contributed by atoms with van der Waals surface area (Å²) in [6.45, 7) is 2.54. The standard InChI is InChI=1S/C14H10F4N2O7/c1-13(2)26-11(21)6(12(22)27-13)5-19-7-3-4-8(20(23)24)9(15)10(7)25-14(16,17)18/h3-5,19H,1-2H3. The highest BCUT2D eigenvalue weighted by atomic mass is 19.4. The number of ether oxygens (including phenoxy) is 3. The highest BCUT2D eigenvalue weighted by Gasteiger charge is 2.39. The summed E-state index contributed by atoms with van der Waals surface area (Å²) in [5.74, 6) is -7.30. The van der Waals surface area contributed by atoms with E-state index in [1.165, 1.54) is 13.8 Å². The zero-order valence-electron chi connectivity index (χ0n) is 13.5. The Morgan fingerprint density at radius 1 is 1.22 bits per heavy atom. The largest absolute Gasteiger partial charge is 0.573 e. The first kappa shape index (κ1) is 19.9. The van der Waals surface area contributed by atoms with Gasteiger partial charge in [-0.15, -0.1) is 13.2 Å². The highest BCUT2D eigenvalue weighted by Crippen LogP contribution is 2.37. The van der Waals surface area contributed by atoms with Crippen LogP contribution in [0.2, 0.25) is 0 Å². The average Bonchev–Trinajstić information content (AvgIpc) is 2.46. The van der Waals surface area contributed by atoms with E-state index in [1.807, 2.05) is 5.32 Å². The van der Waals surface area contributed by atoms with Crippen molar-refractivity contribution >= 4 is 23.3 Å². The van der Waals surface area contributed by atoms with E-state index < -0.39 is 57.5 Å². The first-order chi connectivity index (χ1) is 12.3. The van der Waals surface area contributed by atoms with Crippen LogP contribution in [-0.2, 0) is 19.1 Å². The van der Waals surface area contributed by atoms with Crippen molar-refractivity contribution < 1.29 is 46.3 Å². The molecule has 1 N–H and O–H groups in total. The van der Waals surface area contributed by atoms with Crippen LogP contribution in [0.25, 0.3) is 0 Å². The van der Waals surface area contributed by atoms with Gasteiger partial charge in [0.25, 0.3) is 5.79 Å². The molecule has 0 saturated carbocycles. The number of nitrogens with one attached hydrogen (secondary N) is 1. The molecule has 1 heterocycles. The van der Waals surface area contributed by atoms with E-state index in [1.54, 1.807) is 0 Å². The quantitative estimate of drug-likeness (QED) is 0.207. The molecular formula is C14H10F4N2O7. The molecule has 9 nitrogen and oxygen atoms in total. The predicted molar refractivity (Wildman–Crippen MR) is 77.7 cm³/mol. The van der Waals surface area contributed by atoms with Crippen LogP contribution in [0.4, 0.5) is 28.9 Å². The van der Waals surface area contributed by atoms with Crippen molar-refractivity contribution in [3.05, 3.63) is 39.8 Å². The lowest BCUT2D eigenvalue weighted by Gasteiger charge is -2.29. The van der Waals surface area contributed by atoms with E-state index in [-0.39, 0.29) is 0 Å². The smallest absolute Gasteiger partial charge is 0.419 e. The van der Waals surface area contributed by atoms with E-state index in [4.69, 9.17) is 9.47 Å². The lowest BCUT2D eigenvalue weighted by atomic mass is 10.2. The van der Waals surface area contributed by atoms with Gasteiger partial charge in [-0.3, -0.25) is 10.1 Å². The number of benzene rings is 1. The summed E-state index contributed by atoms with van der Waals surface area (Å²) in [5.41, 5.74) is -2.75. The van der Waals surface area contributed by atoms with Crippen molar-refractivity contribution in [1.82, 2.24) is 0 Å². The van der Waals surface area contributed by atoms with E-state index in [0.29, 0.717) is 18.3 Å². The number of carbonyl (C=O) groups excluding carboxylic acids is 2. The SMILES string of the molecule is CC1(C)OC(=O)C(=CNc2ccc([N+](=O)[O-])c(F)c2OC(F)(F)F)C(=O)O1. The normalized spacial score (nSPS) is 16.3. The molecule has 0 radical (unpaired) electrons. The second-order valence-corrected chi connectivity index (χ2v) is 5.46. The molecule has 0 unspecified atom stereocenters. The molecule has 1 aliphatic rings. The van der Waals surface area contributed by atoms with Crippen molar-refractivity contribution in [2.75, 3.05) is 5.32 Å². The second-order valence-electron chi connectivity index (χ2n) is 5.46. The second kappa shape index (κ2) is 6.74. The summed E-state index contributed by atoms with van der Waals surface area (Å²) in [6.07, 6.45) is -4.77. The van der Waals surface area contributed by atoms with Crippen LogP contribution in [0, 0.1) is 15.9 Å². The van der Waals surface area contributed by atoms with Gasteiger partial charge in [-0.25, -0.2) is 9.59 Å². The minimum Gasteiger partial charge on any atom is -0.419 e. The van der Waals surface area contributed by atoms with Crippen LogP contribution < -0.4 is 10.1 Å². The number of nitrogens with zero attached hydrogens (tertiary/aromatic N) is 1. The van der Waals surface area contributed by atoms with E-state index >= 15 is 0 Å². The summed E-state index contributed by atoms with van der Waals surface area (Å²) in [5, 5.41) is 12.7. The van der Waals surface area contributed by atoms with Crippen LogP contribution in [-0.4, -0.2) is 29.0 Å². The molecule has 1 saturated heterocycles. The number of hydrogen-bond acceptors (Lipinski definition) is 8. The summed E-state index contributed by atoms with van der Waals surface area (Å²) in [6, 6.07) is 1.27. The maximum Gasteiger partial charge on any atom is 0.573 e. The number of halogens is 4. The van der Waals surface area contributed by atoms with Crippen LogP contribution >= 0.6 is 0 Å². The van der Waals surface area contributed by atoms with Crippen LogP contribution in [0.15, 0.2) is 23.9 Å². The third-order valence-electron chi connectivity index (χ3n) is 2.98. The fourth-order valence-corrected chi connectivity index (χ4v) is 1.94. The van der Waals surface area contributed by atoms with Crippen molar-refractivity contribution in [3.63, 3.8) is 0 Å². The highest BCUT2D eigenvalue weighted by molar-refractivity contribution is 6.15. The van der Waals surface area contributed by atoms with E-state index in [2.05, 4.69) is 4.74 Å². The molecule has 1 fully saturated rings. The topological polar surface area (TPSA) is 117 Å². The van der Waals surface area contributed by atoms with Gasteiger partial charge in [-0.1, -0.05) is 0 Å². The maximum atomic E-state index is 14.0. The van der Waals surface area contributed by atoms with Crippen molar-refractivity contribution in [3.8, 4) is 5.75 Å². The molecular weight excluding hydrogens is 384 g/mol. The number of nitro groups is 1. The van der Waals surface area contributed by atoms with Gasteiger partial charge < -0.3 is 19.5 Å². The van der Waals surface area contributed by atoms with E-state index in [9.17, 15) is 37.3 Å². The van der Waals surface area contributed by atoms with Crippen LogP contribution in [0.3, 0.4) is 0 Å². The first-order valence-electron chi connectivity index (χ1n) is 6.97. The number of alkyl halides is 3.